The molecule has 2 atom stereocenters. The third-order valence-corrected chi connectivity index (χ3v) is 11.5. The van der Waals surface area contributed by atoms with Crippen molar-refractivity contribution in [2.24, 2.45) is 11.7 Å². The Bertz CT molecular complexity index is 2360. The van der Waals surface area contributed by atoms with Gasteiger partial charge in [0.1, 0.15) is 18.2 Å². The number of hydrogen-bond donors (Lipinski definition) is 8. The Morgan fingerprint density at radius 1 is 0.778 bits per heavy atom. The maximum atomic E-state index is 14.4. The minimum Gasteiger partial charge on any atom is -0.481 e. The third-order valence-electron chi connectivity index (χ3n) is 10.7. The van der Waals surface area contributed by atoms with Crippen molar-refractivity contribution in [3.05, 3.63) is 119 Å². The summed E-state index contributed by atoms with van der Waals surface area (Å²) in [6.07, 6.45) is -1.96. The molecule has 1 fully saturated rings. The Morgan fingerprint density at radius 2 is 1.40 bits per heavy atom. The van der Waals surface area contributed by atoms with Crippen LogP contribution in [0.25, 0.3) is 10.8 Å². The Kier molecular flexibility index (Phi) is 16.1. The monoisotopic (exact) mass is 887 g/mol. The van der Waals surface area contributed by atoms with Crippen molar-refractivity contribution >= 4 is 60.0 Å². The molecule has 0 aliphatic carbocycles. The van der Waals surface area contributed by atoms with E-state index in [0.29, 0.717) is 29.5 Å². The number of carbonyl (C=O) groups excluding carboxylic acids is 5. The van der Waals surface area contributed by atoms with E-state index in [9.17, 15) is 53.0 Å². The van der Waals surface area contributed by atoms with Crippen molar-refractivity contribution in [1.82, 2.24) is 20.9 Å². The first-order chi connectivity index (χ1) is 29.9. The fraction of sp³-hybridized carbons (Fsp3) is 0.341. The molecule has 4 aromatic carbocycles. The van der Waals surface area contributed by atoms with Crippen LogP contribution in [-0.2, 0) is 58.9 Å². The number of hydrogen-bond acceptors (Lipinski definition) is 9. The van der Waals surface area contributed by atoms with E-state index in [-0.39, 0.29) is 51.1 Å². The van der Waals surface area contributed by atoms with E-state index >= 15 is 0 Å². The van der Waals surface area contributed by atoms with Gasteiger partial charge in [-0.2, -0.15) is 0 Å². The third kappa shape index (κ3) is 14.2. The summed E-state index contributed by atoms with van der Waals surface area (Å²) >= 11 is 0. The number of nitrogens with two attached hydrogens (primary N) is 1. The lowest BCUT2D eigenvalue weighted by Crippen LogP contribution is -2.66. The number of aliphatic carboxylic acids is 1. The Balaban J connectivity index is 1.30. The summed E-state index contributed by atoms with van der Waals surface area (Å²) in [4.78, 5) is 110. The molecule has 9 N–H and O–H groups in total. The van der Waals surface area contributed by atoms with Gasteiger partial charge in [-0.15, -0.1) is 0 Å². The van der Waals surface area contributed by atoms with Crippen molar-refractivity contribution in [1.29, 1.82) is 0 Å². The zero-order valence-corrected chi connectivity index (χ0v) is 35.1. The highest BCUT2D eigenvalue weighted by molar-refractivity contribution is 7.50. The Hall–Kier alpha value is -6.62. The van der Waals surface area contributed by atoms with Gasteiger partial charge in [0.2, 0.25) is 23.6 Å². The number of fused-ring (bicyclic) bond motifs is 1. The number of carboxylic acid groups (broad SMARTS) is 2. The fourth-order valence-corrected chi connectivity index (χ4v) is 7.98. The quantitative estimate of drug-likeness (QED) is 0.0468. The maximum absolute atomic E-state index is 14.4. The number of amides is 5. The molecule has 5 amide bonds. The molecule has 0 unspecified atom stereocenters. The summed E-state index contributed by atoms with van der Waals surface area (Å²) in [5.41, 5.74) is 6.08. The minimum atomic E-state index is -4.37. The number of carbonyl (C=O) groups is 7. The van der Waals surface area contributed by atoms with Gasteiger partial charge in [0, 0.05) is 19.6 Å². The molecule has 19 heteroatoms. The molecular formula is C44H50N5O13P. The first-order valence-corrected chi connectivity index (χ1v) is 21.9. The van der Waals surface area contributed by atoms with Crippen molar-refractivity contribution in [2.75, 3.05) is 19.6 Å². The standard InChI is InChI=1S/C44H50N5O13P/c45-37(50)25-36(40(54)46-19-3-4-28-11-14-32-5-1-2-6-34(32)22-28)47-42(57)44(17-20-49(21-18-44)43(58)62-26-30-12-15-33(16-13-30)41(55)56)48-39(53)35(24-38(51)52)23-29-7-9-31(10-8-29)27-63(59,60)61/h1-2,5-16,22,35-36H,3-4,17-21,23-27H2,(H2,45,50)(H,46,54)(H,47,57)(H,48,53)(H,51,52)(H,55,56)(H2,59,60,61)/t35-,36+/m1/s1. The molecule has 63 heavy (non-hydrogen) atoms. The molecule has 1 saturated heterocycles. The van der Waals surface area contributed by atoms with Crippen LogP contribution in [0, 0.1) is 5.92 Å². The van der Waals surface area contributed by atoms with Crippen molar-refractivity contribution in [3.63, 3.8) is 0 Å². The van der Waals surface area contributed by atoms with Gasteiger partial charge in [-0.1, -0.05) is 78.9 Å². The zero-order chi connectivity index (χ0) is 45.7. The SMILES string of the molecule is NC(=O)C[C@H](NC(=O)C1(NC(=O)[C@@H](CC(=O)O)Cc2ccc(CP(=O)(O)O)cc2)CCN(C(=O)OCc2ccc(C(=O)O)cc2)CC1)C(=O)NCCCc1ccc2ccccc2c1. The molecule has 1 aliphatic rings. The van der Waals surface area contributed by atoms with Crippen LogP contribution in [0.3, 0.4) is 0 Å². The number of primary amides is 1. The van der Waals surface area contributed by atoms with E-state index in [2.05, 4.69) is 22.0 Å². The highest BCUT2D eigenvalue weighted by Crippen LogP contribution is 2.39. The Labute approximate surface area is 362 Å². The molecule has 1 heterocycles. The number of nitrogens with zero attached hydrogens (tertiary/aromatic N) is 1. The van der Waals surface area contributed by atoms with Gasteiger partial charge in [-0.3, -0.25) is 28.5 Å². The summed E-state index contributed by atoms with van der Waals surface area (Å²) in [5, 5.41) is 29.1. The fourth-order valence-electron chi connectivity index (χ4n) is 7.30. The molecule has 5 rings (SSSR count). The number of aryl methyl sites for hydroxylation is 1. The number of piperidine rings is 1. The van der Waals surface area contributed by atoms with Gasteiger partial charge >= 0.3 is 25.6 Å². The Morgan fingerprint density at radius 3 is 2.02 bits per heavy atom. The molecule has 0 bridgehead atoms. The van der Waals surface area contributed by atoms with E-state index in [1.54, 1.807) is 0 Å². The summed E-state index contributed by atoms with van der Waals surface area (Å²) in [6, 6.07) is 24.1. The number of benzene rings is 4. The second-order valence-electron chi connectivity index (χ2n) is 15.5. The first-order valence-electron chi connectivity index (χ1n) is 20.1. The number of rotatable bonds is 20. The number of carboxylic acids is 2. The summed E-state index contributed by atoms with van der Waals surface area (Å²) in [7, 11) is -4.37. The molecule has 0 saturated carbocycles. The molecule has 4 aromatic rings. The van der Waals surface area contributed by atoms with Crippen molar-refractivity contribution in [2.45, 2.75) is 69.3 Å². The van der Waals surface area contributed by atoms with Crippen LogP contribution in [0.4, 0.5) is 4.79 Å². The zero-order valence-electron chi connectivity index (χ0n) is 34.2. The topological polar surface area (TPSA) is 292 Å². The highest BCUT2D eigenvalue weighted by atomic mass is 31.2. The van der Waals surface area contributed by atoms with Gasteiger partial charge in [0.25, 0.3) is 0 Å². The lowest BCUT2D eigenvalue weighted by molar-refractivity contribution is -0.143. The minimum absolute atomic E-state index is 0.0481. The van der Waals surface area contributed by atoms with Gasteiger partial charge in [0.05, 0.1) is 30.5 Å². The van der Waals surface area contributed by atoms with Crippen LogP contribution in [0.1, 0.15) is 64.7 Å². The first kappa shape index (κ1) is 47.4. The number of likely N-dealkylation sites (tertiary alicyclic amines) is 1. The molecule has 0 radical (unpaired) electrons. The van der Waals surface area contributed by atoms with Crippen LogP contribution in [0.2, 0.25) is 0 Å². The largest absolute Gasteiger partial charge is 0.481 e. The second kappa shape index (κ2) is 21.4. The van der Waals surface area contributed by atoms with E-state index in [0.717, 1.165) is 16.3 Å². The summed E-state index contributed by atoms with van der Waals surface area (Å²) in [6.45, 7) is -0.287. The highest BCUT2D eigenvalue weighted by Gasteiger charge is 2.46. The van der Waals surface area contributed by atoms with Crippen molar-refractivity contribution in [3.8, 4) is 0 Å². The predicted octanol–water partition coefficient (Wildman–Crippen LogP) is 3.25. The summed E-state index contributed by atoms with van der Waals surface area (Å²) < 4.78 is 16.9. The number of ether oxygens (including phenoxy) is 1. The molecule has 0 spiro atoms. The van der Waals surface area contributed by atoms with E-state index in [1.807, 2.05) is 36.4 Å². The maximum Gasteiger partial charge on any atom is 0.410 e. The predicted molar refractivity (Wildman–Crippen MR) is 228 cm³/mol. The van der Waals surface area contributed by atoms with Crippen LogP contribution in [-0.4, -0.2) is 97.8 Å². The van der Waals surface area contributed by atoms with Gasteiger partial charge in [-0.05, 0) is 77.3 Å². The molecule has 0 aromatic heterocycles. The van der Waals surface area contributed by atoms with Crippen LogP contribution in [0.15, 0.2) is 91.0 Å². The molecular weight excluding hydrogens is 837 g/mol. The lowest BCUT2D eigenvalue weighted by atomic mass is 9.84. The van der Waals surface area contributed by atoms with Crippen LogP contribution < -0.4 is 21.7 Å². The van der Waals surface area contributed by atoms with E-state index < -0.39 is 85.8 Å². The van der Waals surface area contributed by atoms with E-state index in [4.69, 9.17) is 15.6 Å². The molecule has 334 valence electrons. The van der Waals surface area contributed by atoms with Gasteiger partial charge < -0.3 is 51.3 Å². The van der Waals surface area contributed by atoms with Crippen LogP contribution >= 0.6 is 7.60 Å². The van der Waals surface area contributed by atoms with Crippen molar-refractivity contribution < 1.29 is 62.9 Å². The lowest BCUT2D eigenvalue weighted by Gasteiger charge is -2.41. The van der Waals surface area contributed by atoms with E-state index in [1.165, 1.54) is 53.4 Å². The molecule has 18 nitrogen and oxygen atoms in total. The average Bonchev–Trinajstić information content (AvgIpc) is 3.23. The smallest absolute Gasteiger partial charge is 0.410 e. The molecule has 1 aliphatic heterocycles. The normalized spacial score (nSPS) is 14.5. The van der Waals surface area contributed by atoms with Crippen LogP contribution in [0.5, 0.6) is 0 Å². The van der Waals surface area contributed by atoms with Gasteiger partial charge in [0.15, 0.2) is 0 Å². The second-order valence-corrected chi connectivity index (χ2v) is 17.2. The van der Waals surface area contributed by atoms with Gasteiger partial charge in [-0.25, -0.2) is 9.59 Å². The summed E-state index contributed by atoms with van der Waals surface area (Å²) in [5.74, 6) is -7.00. The number of aromatic carboxylic acids is 1. The average molecular weight is 888 g/mol. The number of nitrogens with one attached hydrogen (secondary N) is 3.